The van der Waals surface area contributed by atoms with Crippen LogP contribution < -0.4 is 21.4 Å². The Bertz CT molecular complexity index is 2120. The Hall–Kier alpha value is -5.12. The molecule has 5 N–H and O–H groups in total. The molecule has 4 aromatic rings. The predicted molar refractivity (Wildman–Crippen MR) is 195 cm³/mol. The van der Waals surface area contributed by atoms with Crippen molar-refractivity contribution in [3.05, 3.63) is 95.3 Å². The number of rotatable bonds is 11. The van der Waals surface area contributed by atoms with Crippen LogP contribution in [0.25, 0.3) is 30.4 Å². The van der Waals surface area contributed by atoms with Gasteiger partial charge in [0.1, 0.15) is 0 Å². The lowest BCUT2D eigenvalue weighted by atomic mass is 10.0. The molecule has 10 nitrogen and oxygen atoms in total. The quantitative estimate of drug-likeness (QED) is 0.0788. The van der Waals surface area contributed by atoms with Crippen molar-refractivity contribution in [3.8, 4) is 0 Å². The van der Waals surface area contributed by atoms with Crippen molar-refractivity contribution in [3.63, 3.8) is 0 Å². The zero-order valence-electron chi connectivity index (χ0n) is 30.1. The molecular weight excluding hydrogens is 616 g/mol. The Kier molecular flexibility index (Phi) is 12.2. The molecule has 0 atom stereocenters. The van der Waals surface area contributed by atoms with Gasteiger partial charge in [-0.15, -0.1) is 0 Å². The van der Waals surface area contributed by atoms with Crippen LogP contribution in [-0.4, -0.2) is 52.6 Å². The summed E-state index contributed by atoms with van der Waals surface area (Å²) in [7, 11) is 2.81. The predicted octanol–water partition coefficient (Wildman–Crippen LogP) is 4.71. The molecule has 1 aliphatic heterocycles. The van der Waals surface area contributed by atoms with Gasteiger partial charge in [0.15, 0.2) is 0 Å². The fraction of sp³-hybridized carbons (Fsp3) is 0.385. The van der Waals surface area contributed by atoms with Gasteiger partial charge in [-0.05, 0) is 117 Å². The SMILES string of the molecule is C=Cc1c2[nH]c(c1C)C=c1[nH]c(c(C)c1CCCN=N)=Cc1[nH]c(c(CCC(=O)OC)c1C)C=c1[nH]c(c(C)c1CCC(=O)OC)=C2.CC. The highest BCUT2D eigenvalue weighted by Gasteiger charge is 2.18. The van der Waals surface area contributed by atoms with Crippen molar-refractivity contribution in [1.29, 1.82) is 5.53 Å². The first-order chi connectivity index (χ1) is 23.6. The number of aromatic nitrogens is 4. The number of hydrogen-bond acceptors (Lipinski definition) is 6. The molecule has 0 saturated heterocycles. The topological polar surface area (TPSA) is 152 Å². The number of ether oxygens (including phenoxy) is 2. The van der Waals surface area contributed by atoms with E-state index < -0.39 is 0 Å². The van der Waals surface area contributed by atoms with Gasteiger partial charge in [-0.3, -0.25) is 9.59 Å². The molecule has 0 radical (unpaired) electrons. The number of aromatic amines is 4. The Morgan fingerprint density at radius 1 is 0.673 bits per heavy atom. The Morgan fingerprint density at radius 2 is 1.14 bits per heavy atom. The molecule has 1 aliphatic rings. The van der Waals surface area contributed by atoms with Crippen molar-refractivity contribution >= 4 is 42.3 Å². The van der Waals surface area contributed by atoms with E-state index >= 15 is 0 Å². The zero-order chi connectivity index (χ0) is 35.8. The van der Waals surface area contributed by atoms with Crippen LogP contribution in [0, 0.1) is 33.2 Å². The number of hydrogen-bond donors (Lipinski definition) is 5. The lowest BCUT2D eigenvalue weighted by molar-refractivity contribution is -0.141. The molecule has 5 rings (SSSR count). The summed E-state index contributed by atoms with van der Waals surface area (Å²) in [6.45, 7) is 16.9. The summed E-state index contributed by atoms with van der Waals surface area (Å²) in [4.78, 5) is 39.0. The summed E-state index contributed by atoms with van der Waals surface area (Å²) in [5.74, 6) is -0.537. The van der Waals surface area contributed by atoms with Crippen molar-refractivity contribution in [1.82, 2.24) is 19.9 Å². The number of H-pyrrole nitrogens is 4. The molecule has 10 heteroatoms. The molecule has 0 fully saturated rings. The molecule has 0 spiro atoms. The molecule has 0 saturated carbocycles. The first-order valence-electron chi connectivity index (χ1n) is 16.9. The van der Waals surface area contributed by atoms with Gasteiger partial charge in [0.25, 0.3) is 0 Å². The standard InChI is InChI=1S/C37H44N6O4.C2H6/c1-8-24-20(2)30-18-33-25(10-9-15-39-38)21(3)28(41-33)16-29-22(4)26(11-13-36(44)46-6)34(42-29)19-35-27(12-14-37(45)47-7)23(5)31(43-35)17-32(24)40-30;1-2/h8,16-19,38,40-43H,1,9-15H2,2-7H3;1-2H3. The molecule has 260 valence electrons. The maximum Gasteiger partial charge on any atom is 0.305 e. The van der Waals surface area contributed by atoms with Gasteiger partial charge >= 0.3 is 11.9 Å². The third-order valence-corrected chi connectivity index (χ3v) is 9.39. The Balaban J connectivity index is 0.00000265. The molecule has 5 heterocycles. The van der Waals surface area contributed by atoms with Crippen molar-refractivity contribution in [2.24, 2.45) is 5.11 Å². The van der Waals surface area contributed by atoms with Crippen LogP contribution in [0.1, 0.15) is 100 Å². The van der Waals surface area contributed by atoms with E-state index in [0.717, 1.165) is 96.0 Å². The minimum absolute atomic E-state index is 0.248. The van der Waals surface area contributed by atoms with E-state index in [0.29, 0.717) is 19.4 Å². The average molecular weight is 667 g/mol. The maximum absolute atomic E-state index is 12.2. The van der Waals surface area contributed by atoms with E-state index in [2.05, 4.69) is 83.6 Å². The van der Waals surface area contributed by atoms with Crippen LogP contribution in [0.4, 0.5) is 0 Å². The summed E-state index contributed by atoms with van der Waals surface area (Å²) in [6.07, 6.45) is 13.4. The fourth-order valence-electron chi connectivity index (χ4n) is 6.55. The number of carbonyl (C=O) groups is 2. The molecular formula is C39H50N6O4. The van der Waals surface area contributed by atoms with E-state index in [-0.39, 0.29) is 24.8 Å². The summed E-state index contributed by atoms with van der Waals surface area (Å²) < 4.78 is 9.94. The molecule has 0 unspecified atom stereocenters. The second-order valence-corrected chi connectivity index (χ2v) is 12.1. The van der Waals surface area contributed by atoms with Gasteiger partial charge in [0.05, 0.1) is 20.8 Å². The highest BCUT2D eigenvalue weighted by atomic mass is 16.5. The van der Waals surface area contributed by atoms with Crippen LogP contribution in [0.15, 0.2) is 11.7 Å². The van der Waals surface area contributed by atoms with Gasteiger partial charge < -0.3 is 29.4 Å². The van der Waals surface area contributed by atoms with Crippen molar-refractivity contribution in [2.75, 3.05) is 20.8 Å². The van der Waals surface area contributed by atoms with E-state index in [4.69, 9.17) is 15.0 Å². The van der Waals surface area contributed by atoms with E-state index in [1.165, 1.54) is 19.8 Å². The van der Waals surface area contributed by atoms with Gasteiger partial charge in [0.2, 0.25) is 0 Å². The number of fused-ring (bicyclic) bond motifs is 8. The monoisotopic (exact) mass is 666 g/mol. The molecule has 8 bridgehead atoms. The van der Waals surface area contributed by atoms with Crippen LogP contribution in [-0.2, 0) is 38.3 Å². The van der Waals surface area contributed by atoms with Gasteiger partial charge in [0, 0.05) is 62.6 Å². The summed E-state index contributed by atoms with van der Waals surface area (Å²) in [5.41, 5.74) is 19.6. The van der Waals surface area contributed by atoms with Crippen molar-refractivity contribution in [2.45, 2.75) is 80.1 Å². The minimum atomic E-state index is -0.269. The third kappa shape index (κ3) is 7.80. The molecule has 4 aromatic heterocycles. The lowest BCUT2D eigenvalue weighted by Gasteiger charge is -2.03. The average Bonchev–Trinajstić information content (AvgIpc) is 3.76. The highest BCUT2D eigenvalue weighted by molar-refractivity contribution is 5.73. The second-order valence-electron chi connectivity index (χ2n) is 12.1. The number of nitrogens with zero attached hydrogens (tertiary/aromatic N) is 1. The minimum Gasteiger partial charge on any atom is -0.469 e. The molecule has 49 heavy (non-hydrogen) atoms. The van der Waals surface area contributed by atoms with Crippen LogP contribution >= 0.6 is 0 Å². The Labute approximate surface area is 287 Å². The molecule has 0 aromatic carbocycles. The number of nitrogens with one attached hydrogen (secondary N) is 5. The zero-order valence-corrected chi connectivity index (χ0v) is 30.1. The van der Waals surface area contributed by atoms with Crippen molar-refractivity contribution < 1.29 is 19.1 Å². The number of esters is 2. The maximum atomic E-state index is 12.2. The van der Waals surface area contributed by atoms with Gasteiger partial charge in [-0.25, -0.2) is 5.53 Å². The fourth-order valence-corrected chi connectivity index (χ4v) is 6.55. The normalized spacial score (nSPS) is 11.6. The van der Waals surface area contributed by atoms with E-state index in [1.807, 2.05) is 19.9 Å². The molecule has 0 aliphatic carbocycles. The summed E-state index contributed by atoms with van der Waals surface area (Å²) >= 11 is 0. The molecule has 0 amide bonds. The van der Waals surface area contributed by atoms with Crippen LogP contribution in [0.2, 0.25) is 0 Å². The third-order valence-electron chi connectivity index (χ3n) is 9.39. The number of carbonyl (C=O) groups excluding carboxylic acids is 2. The van der Waals surface area contributed by atoms with Gasteiger partial charge in [-0.1, -0.05) is 26.5 Å². The smallest absolute Gasteiger partial charge is 0.305 e. The largest absolute Gasteiger partial charge is 0.469 e. The Morgan fingerprint density at radius 3 is 1.69 bits per heavy atom. The van der Waals surface area contributed by atoms with Crippen LogP contribution in [0.5, 0.6) is 0 Å². The number of methoxy groups -OCH3 is 2. The summed E-state index contributed by atoms with van der Waals surface area (Å²) in [6, 6.07) is 0. The van der Waals surface area contributed by atoms with E-state index in [1.54, 1.807) is 0 Å². The highest BCUT2D eigenvalue weighted by Crippen LogP contribution is 2.24. The lowest BCUT2D eigenvalue weighted by Crippen LogP contribution is -2.14. The second kappa shape index (κ2) is 16.3. The summed E-state index contributed by atoms with van der Waals surface area (Å²) in [5, 5.41) is 7.37. The first kappa shape index (κ1) is 36.7. The first-order valence-corrected chi connectivity index (χ1v) is 16.9. The van der Waals surface area contributed by atoms with Gasteiger partial charge in [-0.2, -0.15) is 5.11 Å². The van der Waals surface area contributed by atoms with E-state index in [9.17, 15) is 9.59 Å². The van der Waals surface area contributed by atoms with Crippen LogP contribution in [0.3, 0.4) is 0 Å².